The predicted octanol–water partition coefficient (Wildman–Crippen LogP) is 2.45. The Kier molecular flexibility index (Phi) is 5.58. The quantitative estimate of drug-likeness (QED) is 0.867. The van der Waals surface area contributed by atoms with Gasteiger partial charge in [0.15, 0.2) is 0 Å². The molecule has 20 heavy (non-hydrogen) atoms. The zero-order chi connectivity index (χ0) is 14.4. The van der Waals surface area contributed by atoms with Crippen LogP contribution < -0.4 is 5.73 Å². The Bertz CT molecular complexity index is 395. The number of benzene rings is 1. The molecule has 112 valence electrons. The van der Waals surface area contributed by atoms with Crippen molar-refractivity contribution in [3.63, 3.8) is 0 Å². The maximum absolute atomic E-state index is 6.30. The van der Waals surface area contributed by atoms with Gasteiger partial charge in [0, 0.05) is 26.2 Å². The number of likely N-dealkylation sites (tertiary alicyclic amines) is 1. The third-order valence-electron chi connectivity index (χ3n) is 4.37. The van der Waals surface area contributed by atoms with Crippen molar-refractivity contribution in [3.05, 3.63) is 35.9 Å². The molecule has 0 saturated carbocycles. The highest BCUT2D eigenvalue weighted by Gasteiger charge is 2.31. The maximum atomic E-state index is 6.30. The number of methoxy groups -OCH3 is 1. The van der Waals surface area contributed by atoms with Crippen molar-refractivity contribution in [1.82, 2.24) is 4.90 Å². The monoisotopic (exact) mass is 276 g/mol. The standard InChI is InChI=1S/C17H28N2O/c1-17(20-2)11-6-12-19(14-17)13-16(18)10-9-15-7-4-3-5-8-15/h3-5,7-8,16H,6,9-14,18H2,1-2H3. The zero-order valence-corrected chi connectivity index (χ0v) is 12.8. The third kappa shape index (κ3) is 4.58. The van der Waals surface area contributed by atoms with E-state index in [-0.39, 0.29) is 11.6 Å². The lowest BCUT2D eigenvalue weighted by molar-refractivity contribution is -0.0517. The van der Waals surface area contributed by atoms with E-state index in [9.17, 15) is 0 Å². The van der Waals surface area contributed by atoms with Gasteiger partial charge in [-0.05, 0) is 44.7 Å². The van der Waals surface area contributed by atoms with Gasteiger partial charge in [-0.3, -0.25) is 4.90 Å². The van der Waals surface area contributed by atoms with E-state index in [1.807, 2.05) is 7.11 Å². The molecule has 0 radical (unpaired) electrons. The highest BCUT2D eigenvalue weighted by Crippen LogP contribution is 2.23. The van der Waals surface area contributed by atoms with Crippen LogP contribution in [0.25, 0.3) is 0 Å². The SMILES string of the molecule is COC1(C)CCCN(CC(N)CCc2ccccc2)C1. The van der Waals surface area contributed by atoms with Gasteiger partial charge in [-0.1, -0.05) is 30.3 Å². The Balaban J connectivity index is 1.75. The minimum absolute atomic E-state index is 0.0113. The second-order valence-electron chi connectivity index (χ2n) is 6.28. The van der Waals surface area contributed by atoms with Gasteiger partial charge in [-0.25, -0.2) is 0 Å². The summed E-state index contributed by atoms with van der Waals surface area (Å²) < 4.78 is 5.64. The normalized spacial score (nSPS) is 25.6. The van der Waals surface area contributed by atoms with Crippen molar-refractivity contribution in [2.24, 2.45) is 5.73 Å². The first-order valence-corrected chi connectivity index (χ1v) is 7.68. The summed E-state index contributed by atoms with van der Waals surface area (Å²) in [6.45, 7) is 5.33. The van der Waals surface area contributed by atoms with E-state index in [1.54, 1.807) is 0 Å². The van der Waals surface area contributed by atoms with Crippen LogP contribution >= 0.6 is 0 Å². The molecule has 3 nitrogen and oxygen atoms in total. The molecule has 1 aliphatic heterocycles. The van der Waals surface area contributed by atoms with Crippen molar-refractivity contribution in [1.29, 1.82) is 0 Å². The number of nitrogens with zero attached hydrogens (tertiary/aromatic N) is 1. The molecule has 2 N–H and O–H groups in total. The van der Waals surface area contributed by atoms with Gasteiger partial charge in [0.1, 0.15) is 0 Å². The van der Waals surface area contributed by atoms with Crippen LogP contribution in [0.1, 0.15) is 31.7 Å². The Labute approximate surface area is 123 Å². The lowest BCUT2D eigenvalue weighted by Crippen LogP contribution is -2.50. The lowest BCUT2D eigenvalue weighted by atomic mass is 9.94. The van der Waals surface area contributed by atoms with Gasteiger partial charge in [0.25, 0.3) is 0 Å². The van der Waals surface area contributed by atoms with Gasteiger partial charge >= 0.3 is 0 Å². The third-order valence-corrected chi connectivity index (χ3v) is 4.37. The predicted molar refractivity (Wildman–Crippen MR) is 83.8 cm³/mol. The highest BCUT2D eigenvalue weighted by atomic mass is 16.5. The lowest BCUT2D eigenvalue weighted by Gasteiger charge is -2.40. The number of aryl methyl sites for hydroxylation is 1. The van der Waals surface area contributed by atoms with Gasteiger partial charge < -0.3 is 10.5 Å². The molecule has 0 bridgehead atoms. The summed E-state index contributed by atoms with van der Waals surface area (Å²) >= 11 is 0. The van der Waals surface area contributed by atoms with E-state index in [4.69, 9.17) is 10.5 Å². The van der Waals surface area contributed by atoms with Crippen molar-refractivity contribution < 1.29 is 4.74 Å². The van der Waals surface area contributed by atoms with Gasteiger partial charge in [0.2, 0.25) is 0 Å². The van der Waals surface area contributed by atoms with Crippen molar-refractivity contribution in [3.8, 4) is 0 Å². The van der Waals surface area contributed by atoms with Gasteiger partial charge in [0.05, 0.1) is 5.60 Å². The summed E-state index contributed by atoms with van der Waals surface area (Å²) in [4.78, 5) is 2.46. The summed E-state index contributed by atoms with van der Waals surface area (Å²) in [7, 11) is 1.82. The number of rotatable bonds is 6. The van der Waals surface area contributed by atoms with Crippen molar-refractivity contribution in [2.75, 3.05) is 26.7 Å². The molecule has 1 aromatic carbocycles. The fourth-order valence-corrected chi connectivity index (χ4v) is 3.05. The van der Waals surface area contributed by atoms with Crippen LogP contribution in [0.4, 0.5) is 0 Å². The molecule has 2 rings (SSSR count). The molecule has 2 unspecified atom stereocenters. The van der Waals surface area contributed by atoms with Crippen LogP contribution in [0, 0.1) is 0 Å². The fraction of sp³-hybridized carbons (Fsp3) is 0.647. The van der Waals surface area contributed by atoms with Crippen molar-refractivity contribution >= 4 is 0 Å². The molecule has 1 fully saturated rings. The Morgan fingerprint density at radius 3 is 2.80 bits per heavy atom. The van der Waals surface area contributed by atoms with E-state index in [1.165, 1.54) is 12.0 Å². The van der Waals surface area contributed by atoms with E-state index >= 15 is 0 Å². The van der Waals surface area contributed by atoms with E-state index in [0.29, 0.717) is 0 Å². The molecule has 1 aliphatic rings. The second kappa shape index (κ2) is 7.21. The molecule has 1 saturated heterocycles. The maximum Gasteiger partial charge on any atom is 0.0777 e. The summed E-state index contributed by atoms with van der Waals surface area (Å²) in [5.74, 6) is 0. The average molecular weight is 276 g/mol. The molecule has 0 spiro atoms. The van der Waals surface area contributed by atoms with Crippen LogP contribution in [-0.2, 0) is 11.2 Å². The molecule has 1 aromatic rings. The Hall–Kier alpha value is -0.900. The Morgan fingerprint density at radius 2 is 2.10 bits per heavy atom. The van der Waals surface area contributed by atoms with Crippen LogP contribution in [0.15, 0.2) is 30.3 Å². The first kappa shape index (κ1) is 15.5. The summed E-state index contributed by atoms with van der Waals surface area (Å²) in [6, 6.07) is 10.8. The molecular formula is C17H28N2O. The van der Waals surface area contributed by atoms with Crippen molar-refractivity contribution in [2.45, 2.75) is 44.2 Å². The van der Waals surface area contributed by atoms with Crippen LogP contribution in [0.3, 0.4) is 0 Å². The number of hydrogen-bond acceptors (Lipinski definition) is 3. The largest absolute Gasteiger partial charge is 0.377 e. The highest BCUT2D eigenvalue weighted by molar-refractivity contribution is 5.14. The summed E-state index contributed by atoms with van der Waals surface area (Å²) in [5, 5.41) is 0. The average Bonchev–Trinajstić information content (AvgIpc) is 2.46. The topological polar surface area (TPSA) is 38.5 Å². The smallest absolute Gasteiger partial charge is 0.0777 e. The molecular weight excluding hydrogens is 248 g/mol. The molecule has 1 heterocycles. The van der Waals surface area contributed by atoms with Crippen LogP contribution in [-0.4, -0.2) is 43.3 Å². The molecule has 0 aromatic heterocycles. The summed E-state index contributed by atoms with van der Waals surface area (Å²) in [5.41, 5.74) is 7.69. The Morgan fingerprint density at radius 1 is 1.35 bits per heavy atom. The van der Waals surface area contributed by atoms with Gasteiger partial charge in [-0.15, -0.1) is 0 Å². The molecule has 2 atom stereocenters. The number of ether oxygens (including phenoxy) is 1. The number of hydrogen-bond donors (Lipinski definition) is 1. The number of piperidine rings is 1. The summed E-state index contributed by atoms with van der Waals surface area (Å²) in [6.07, 6.45) is 4.47. The van der Waals surface area contributed by atoms with E-state index in [2.05, 4.69) is 42.2 Å². The molecule has 0 aliphatic carbocycles. The van der Waals surface area contributed by atoms with Gasteiger partial charge in [-0.2, -0.15) is 0 Å². The number of nitrogens with two attached hydrogens (primary N) is 1. The van der Waals surface area contributed by atoms with Crippen LogP contribution in [0.2, 0.25) is 0 Å². The first-order valence-electron chi connectivity index (χ1n) is 7.68. The molecule has 3 heteroatoms. The molecule has 0 amide bonds. The second-order valence-corrected chi connectivity index (χ2v) is 6.28. The minimum atomic E-state index is 0.0113. The van der Waals surface area contributed by atoms with E-state index in [0.717, 1.165) is 38.9 Å². The van der Waals surface area contributed by atoms with Crippen LogP contribution in [0.5, 0.6) is 0 Å². The van der Waals surface area contributed by atoms with E-state index < -0.39 is 0 Å². The first-order chi connectivity index (χ1) is 9.61. The zero-order valence-electron chi connectivity index (χ0n) is 12.8. The fourth-order valence-electron chi connectivity index (χ4n) is 3.05. The minimum Gasteiger partial charge on any atom is -0.377 e.